The first-order valence-corrected chi connectivity index (χ1v) is 12.8. The number of benzene rings is 1. The second-order valence-electron chi connectivity index (χ2n) is 7.91. The van der Waals surface area contributed by atoms with Crippen molar-refractivity contribution in [2.75, 3.05) is 27.0 Å². The third kappa shape index (κ3) is 4.90. The van der Waals surface area contributed by atoms with Gasteiger partial charge in [0.25, 0.3) is 0 Å². The van der Waals surface area contributed by atoms with Crippen molar-refractivity contribution in [1.29, 1.82) is 0 Å². The fraction of sp³-hybridized carbons (Fsp3) is 0.550. The zero-order chi connectivity index (χ0) is 20.2. The Morgan fingerprint density at radius 1 is 1.33 bits per heavy atom. The Labute approximate surface area is 161 Å². The maximum Gasteiger partial charge on any atom is 0.342 e. The molecule has 2 rings (SSSR count). The van der Waals surface area contributed by atoms with Crippen molar-refractivity contribution in [2.45, 2.75) is 45.6 Å². The third-order valence-corrected chi connectivity index (χ3v) is 6.40. The van der Waals surface area contributed by atoms with Crippen molar-refractivity contribution in [3.05, 3.63) is 33.9 Å². The van der Waals surface area contributed by atoms with E-state index in [0.717, 1.165) is 17.2 Å². The first kappa shape index (κ1) is 21.4. The van der Waals surface area contributed by atoms with Gasteiger partial charge < -0.3 is 19.3 Å². The number of fused-ring (bicyclic) bond motifs is 1. The molecular weight excluding hydrogens is 367 g/mol. The number of aliphatic hydroxyl groups excluding tert-OH is 1. The van der Waals surface area contributed by atoms with Crippen LogP contribution in [-0.4, -0.2) is 46.1 Å². The number of aliphatic hydroxyl groups is 1. The molecule has 0 spiro atoms. The van der Waals surface area contributed by atoms with Crippen LogP contribution in [0.3, 0.4) is 0 Å². The van der Waals surface area contributed by atoms with Crippen LogP contribution in [0.2, 0.25) is 25.7 Å². The lowest BCUT2D eigenvalue weighted by Crippen LogP contribution is -2.23. The molecule has 0 atom stereocenters. The van der Waals surface area contributed by atoms with Crippen LogP contribution in [0, 0.1) is 6.92 Å². The molecule has 0 aliphatic carbocycles. The van der Waals surface area contributed by atoms with Gasteiger partial charge in [-0.05, 0) is 30.5 Å². The number of cyclic esters (lactones) is 1. The van der Waals surface area contributed by atoms with Crippen molar-refractivity contribution in [2.24, 2.45) is 0 Å². The number of carbonyl (C=O) groups is 1. The van der Waals surface area contributed by atoms with E-state index in [1.807, 2.05) is 6.92 Å². The summed E-state index contributed by atoms with van der Waals surface area (Å²) in [5, 5.41) is 9.24. The van der Waals surface area contributed by atoms with Crippen molar-refractivity contribution in [3.8, 4) is 11.5 Å². The minimum atomic E-state index is -1.32. The maximum atomic E-state index is 13.0. The molecule has 150 valence electrons. The molecule has 1 aromatic carbocycles. The van der Waals surface area contributed by atoms with Gasteiger partial charge in [0.1, 0.15) is 30.3 Å². The molecule has 1 N–H and O–H groups in total. The Morgan fingerprint density at radius 2 is 2.04 bits per heavy atom. The van der Waals surface area contributed by atoms with Crippen LogP contribution in [0.15, 0.2) is 11.6 Å². The van der Waals surface area contributed by atoms with E-state index < -0.39 is 20.7 Å². The average molecular weight is 397 g/mol. The van der Waals surface area contributed by atoms with Crippen LogP contribution in [0.25, 0.3) is 0 Å². The summed E-state index contributed by atoms with van der Waals surface area (Å²) in [6, 6.07) is 0.939. The molecule has 0 unspecified atom stereocenters. The molecule has 0 bridgehead atoms. The van der Waals surface area contributed by atoms with E-state index >= 15 is 0 Å². The molecule has 1 heterocycles. The number of carbonyl (C=O) groups excluding carboxylic acids is 1. The van der Waals surface area contributed by atoms with E-state index in [1.54, 1.807) is 13.2 Å². The Balaban J connectivity index is 2.53. The number of rotatable bonds is 9. The number of alkyl halides is 1. The molecule has 0 amide bonds. The van der Waals surface area contributed by atoms with Crippen LogP contribution in [0.1, 0.15) is 27.0 Å². The molecule has 0 aromatic heterocycles. The highest BCUT2D eigenvalue weighted by molar-refractivity contribution is 6.76. The first-order valence-electron chi connectivity index (χ1n) is 9.10. The van der Waals surface area contributed by atoms with E-state index in [1.165, 1.54) is 0 Å². The Hall–Kier alpha value is -1.86. The van der Waals surface area contributed by atoms with Gasteiger partial charge >= 0.3 is 5.97 Å². The number of allylic oxidation sites excluding steroid dienone is 1. The summed E-state index contributed by atoms with van der Waals surface area (Å²) in [6.45, 7) is 8.25. The SMILES string of the molecule is COc1c(C)c2c(c(OCC[Si](C)(C)C)c1C/C=C(/CO)CF)C(=O)OC2. The van der Waals surface area contributed by atoms with Gasteiger partial charge in [0.05, 0.1) is 20.3 Å². The Kier molecular flexibility index (Phi) is 7.05. The molecule has 27 heavy (non-hydrogen) atoms. The number of halogens is 1. The largest absolute Gasteiger partial charge is 0.496 e. The molecule has 5 nitrogen and oxygen atoms in total. The predicted molar refractivity (Wildman–Crippen MR) is 105 cm³/mol. The lowest BCUT2D eigenvalue weighted by molar-refractivity contribution is 0.0532. The topological polar surface area (TPSA) is 65.0 Å². The smallest absolute Gasteiger partial charge is 0.342 e. The maximum absolute atomic E-state index is 13.0. The second kappa shape index (κ2) is 8.88. The van der Waals surface area contributed by atoms with Gasteiger partial charge in [-0.1, -0.05) is 25.7 Å². The summed E-state index contributed by atoms with van der Waals surface area (Å²) in [6.07, 6.45) is 1.92. The van der Waals surface area contributed by atoms with E-state index in [0.29, 0.717) is 35.7 Å². The lowest BCUT2D eigenvalue weighted by Gasteiger charge is -2.21. The van der Waals surface area contributed by atoms with E-state index in [4.69, 9.17) is 14.2 Å². The standard InChI is InChI=1S/C20H29FO5Si/c1-13-16-12-26-20(23)17(16)19(25-8-9-27(3,4)5)15(18(13)24-2)7-6-14(10-21)11-22/h6,22H,7-12H2,1-5H3/b14-6+. The van der Waals surface area contributed by atoms with Gasteiger partial charge in [-0.25, -0.2) is 9.18 Å². The van der Waals surface area contributed by atoms with Gasteiger partial charge in [-0.3, -0.25) is 0 Å². The van der Waals surface area contributed by atoms with Gasteiger partial charge in [-0.15, -0.1) is 0 Å². The van der Waals surface area contributed by atoms with E-state index in [9.17, 15) is 14.3 Å². The molecule has 1 aliphatic heterocycles. The van der Waals surface area contributed by atoms with Crippen molar-refractivity contribution in [1.82, 2.24) is 0 Å². The number of esters is 1. The highest BCUT2D eigenvalue weighted by Gasteiger charge is 2.33. The second-order valence-corrected chi connectivity index (χ2v) is 13.5. The molecule has 7 heteroatoms. The molecule has 0 saturated carbocycles. The van der Waals surface area contributed by atoms with Crippen LogP contribution >= 0.6 is 0 Å². The quantitative estimate of drug-likeness (QED) is 0.390. The minimum Gasteiger partial charge on any atom is -0.496 e. The van der Waals surface area contributed by atoms with Gasteiger partial charge in [0.15, 0.2) is 0 Å². The fourth-order valence-electron chi connectivity index (χ4n) is 3.04. The normalized spacial score (nSPS) is 14.2. The highest BCUT2D eigenvalue weighted by atomic mass is 28.3. The molecule has 0 fully saturated rings. The van der Waals surface area contributed by atoms with E-state index in [2.05, 4.69) is 19.6 Å². The summed E-state index contributed by atoms with van der Waals surface area (Å²) in [5.41, 5.74) is 3.01. The molecule has 1 aliphatic rings. The Bertz CT molecular complexity index is 731. The lowest BCUT2D eigenvalue weighted by atomic mass is 9.95. The number of methoxy groups -OCH3 is 1. The first-order chi connectivity index (χ1) is 12.7. The average Bonchev–Trinajstić information content (AvgIpc) is 2.99. The van der Waals surface area contributed by atoms with Gasteiger partial charge in [0, 0.05) is 19.2 Å². The van der Waals surface area contributed by atoms with Crippen molar-refractivity contribution >= 4 is 14.0 Å². The van der Waals surface area contributed by atoms with Crippen molar-refractivity contribution in [3.63, 3.8) is 0 Å². The monoisotopic (exact) mass is 396 g/mol. The molecule has 0 radical (unpaired) electrons. The van der Waals surface area contributed by atoms with Crippen LogP contribution < -0.4 is 9.47 Å². The molecular formula is C20H29FO5Si. The Morgan fingerprint density at radius 3 is 2.59 bits per heavy atom. The van der Waals surface area contributed by atoms with Crippen LogP contribution in [-0.2, 0) is 17.8 Å². The molecule has 0 saturated heterocycles. The fourth-order valence-corrected chi connectivity index (χ4v) is 3.75. The highest BCUT2D eigenvalue weighted by Crippen LogP contribution is 2.43. The summed E-state index contributed by atoms with van der Waals surface area (Å²) in [5.74, 6) is 0.667. The number of ether oxygens (including phenoxy) is 3. The number of hydrogen-bond donors (Lipinski definition) is 1. The zero-order valence-corrected chi connectivity index (χ0v) is 17.8. The van der Waals surface area contributed by atoms with Crippen LogP contribution in [0.5, 0.6) is 11.5 Å². The van der Waals surface area contributed by atoms with Crippen LogP contribution in [0.4, 0.5) is 4.39 Å². The summed E-state index contributed by atoms with van der Waals surface area (Å²) < 4.78 is 29.9. The molecule has 1 aromatic rings. The predicted octanol–water partition coefficient (Wildman–Crippen LogP) is 3.82. The minimum absolute atomic E-state index is 0.198. The van der Waals surface area contributed by atoms with Gasteiger partial charge in [-0.2, -0.15) is 0 Å². The third-order valence-electron chi connectivity index (χ3n) is 4.69. The number of hydrogen-bond acceptors (Lipinski definition) is 5. The summed E-state index contributed by atoms with van der Waals surface area (Å²) in [4.78, 5) is 12.4. The summed E-state index contributed by atoms with van der Waals surface area (Å²) in [7, 11) is 0.244. The van der Waals surface area contributed by atoms with Gasteiger partial charge in [0.2, 0.25) is 0 Å². The zero-order valence-electron chi connectivity index (χ0n) is 16.8. The van der Waals surface area contributed by atoms with Crippen molar-refractivity contribution < 1.29 is 28.5 Å². The summed E-state index contributed by atoms with van der Waals surface area (Å²) >= 11 is 0. The van der Waals surface area contributed by atoms with E-state index in [-0.39, 0.29) is 18.8 Å².